The average molecular weight is 562 g/mol. The number of nitrogens with zero attached hydrogens (tertiary/aromatic N) is 5. The molecule has 41 heavy (non-hydrogen) atoms. The van der Waals surface area contributed by atoms with Crippen molar-refractivity contribution >= 4 is 17.5 Å². The van der Waals surface area contributed by atoms with Gasteiger partial charge in [0.05, 0.1) is 18.4 Å². The van der Waals surface area contributed by atoms with Crippen molar-refractivity contribution in [3.05, 3.63) is 89.4 Å². The molecule has 214 valence electrons. The lowest BCUT2D eigenvalue weighted by molar-refractivity contribution is -0.132. The molecule has 0 spiro atoms. The summed E-state index contributed by atoms with van der Waals surface area (Å²) >= 11 is 0. The Morgan fingerprint density at radius 3 is 2.34 bits per heavy atom. The van der Waals surface area contributed by atoms with Crippen LogP contribution in [-0.4, -0.2) is 69.8 Å². The molecule has 2 aliphatic rings. The van der Waals surface area contributed by atoms with Crippen LogP contribution >= 0.6 is 0 Å². The summed E-state index contributed by atoms with van der Waals surface area (Å²) in [5, 5.41) is 8.92. The van der Waals surface area contributed by atoms with Gasteiger partial charge in [-0.05, 0) is 73.6 Å². The number of likely N-dealkylation sites (tertiary alicyclic amines) is 1. The molecule has 1 N–H and O–H groups in total. The number of hydrogen-bond acceptors (Lipinski definition) is 7. The van der Waals surface area contributed by atoms with Crippen LogP contribution in [0.1, 0.15) is 48.9 Å². The number of aromatic nitrogens is 2. The van der Waals surface area contributed by atoms with Gasteiger partial charge in [-0.25, -0.2) is 23.7 Å². The Hall–Kier alpha value is -4.05. The van der Waals surface area contributed by atoms with Crippen molar-refractivity contribution in [3.63, 3.8) is 0 Å². The Bertz CT molecular complexity index is 1390. The lowest BCUT2D eigenvalue weighted by Gasteiger charge is -2.32. The number of rotatable bonds is 11. The first-order chi connectivity index (χ1) is 20.0. The van der Waals surface area contributed by atoms with Gasteiger partial charge in [0.25, 0.3) is 0 Å². The molecule has 0 saturated carbocycles. The molecule has 8 nitrogen and oxygen atoms in total. The third kappa shape index (κ3) is 7.58. The minimum Gasteiger partial charge on any atom is -0.477 e. The highest BCUT2D eigenvalue weighted by atomic mass is 19.1. The van der Waals surface area contributed by atoms with E-state index < -0.39 is 0 Å². The van der Waals surface area contributed by atoms with Crippen molar-refractivity contribution in [3.8, 4) is 5.88 Å². The number of amides is 1. The predicted octanol–water partition coefficient (Wildman–Crippen LogP) is 4.40. The molecular weight excluding hydrogens is 528 g/mol. The largest absolute Gasteiger partial charge is 0.477 e. The Morgan fingerprint density at radius 1 is 0.976 bits per heavy atom. The molecule has 1 amide bonds. The molecule has 1 aromatic heterocycles. The minimum absolute atomic E-state index is 0.0726. The maximum absolute atomic E-state index is 13.6. The summed E-state index contributed by atoms with van der Waals surface area (Å²) in [6.45, 7) is 1.85. The average Bonchev–Trinajstić information content (AvgIpc) is 3.41. The van der Waals surface area contributed by atoms with Gasteiger partial charge in [0.1, 0.15) is 18.0 Å². The van der Waals surface area contributed by atoms with Crippen molar-refractivity contribution in [2.45, 2.75) is 44.6 Å². The highest BCUT2D eigenvalue weighted by Crippen LogP contribution is 2.25. The Kier molecular flexibility index (Phi) is 9.40. The molecule has 1 fully saturated rings. The number of aliphatic imine (C=N–C) groups is 2. The van der Waals surface area contributed by atoms with E-state index in [1.165, 1.54) is 30.6 Å². The topological polar surface area (TPSA) is 100 Å². The summed E-state index contributed by atoms with van der Waals surface area (Å²) in [6.07, 6.45) is 5.40. The van der Waals surface area contributed by atoms with Crippen LogP contribution < -0.4 is 4.74 Å². The van der Waals surface area contributed by atoms with Gasteiger partial charge in [-0.1, -0.05) is 12.1 Å². The Labute approximate surface area is 237 Å². The van der Waals surface area contributed by atoms with Crippen LogP contribution in [0.2, 0.25) is 0 Å². The fraction of sp³-hybridized carbons (Fsp3) is 0.387. The normalized spacial score (nSPS) is 17.3. The van der Waals surface area contributed by atoms with Gasteiger partial charge < -0.3 is 14.7 Å². The van der Waals surface area contributed by atoms with Crippen LogP contribution in [0.3, 0.4) is 0 Å². The molecule has 3 heterocycles. The standard InChI is InChI=1S/C31H33F2N5O3/c32-24-6-2-22(3-7-24)30-27(36-31(37-30)23-4-8-25(33)9-5-23)10-11-29(40)38-14-12-21(13-15-38)18-26-19-28(35-20-34-26)41-17-1-16-39/h2-9,19-21,27,39H,1,10-18H2. The number of carbonyl (C=O) groups excluding carboxylic acids is 1. The molecule has 2 aliphatic heterocycles. The maximum atomic E-state index is 13.6. The van der Waals surface area contributed by atoms with Gasteiger partial charge in [0.15, 0.2) is 5.84 Å². The van der Waals surface area contributed by atoms with E-state index in [0.717, 1.165) is 30.5 Å². The zero-order chi connectivity index (χ0) is 28.6. The second-order valence-corrected chi connectivity index (χ2v) is 10.3. The van der Waals surface area contributed by atoms with E-state index >= 15 is 0 Å². The van der Waals surface area contributed by atoms with E-state index in [9.17, 15) is 13.6 Å². The lowest BCUT2D eigenvalue weighted by Crippen LogP contribution is -2.39. The Morgan fingerprint density at radius 2 is 1.66 bits per heavy atom. The summed E-state index contributed by atoms with van der Waals surface area (Å²) in [6, 6.07) is 13.6. The van der Waals surface area contributed by atoms with Crippen LogP contribution in [0, 0.1) is 17.6 Å². The van der Waals surface area contributed by atoms with Crippen molar-refractivity contribution in [2.75, 3.05) is 26.3 Å². The molecule has 1 unspecified atom stereocenters. The summed E-state index contributed by atoms with van der Waals surface area (Å²) in [5.74, 6) is 0.800. The molecule has 2 aromatic carbocycles. The van der Waals surface area contributed by atoms with E-state index in [2.05, 4.69) is 9.97 Å². The van der Waals surface area contributed by atoms with Gasteiger partial charge in [-0.15, -0.1) is 0 Å². The predicted molar refractivity (Wildman–Crippen MR) is 151 cm³/mol. The molecular formula is C31H33F2N5O3. The molecule has 5 rings (SSSR count). The van der Waals surface area contributed by atoms with Crippen LogP contribution in [0.4, 0.5) is 8.78 Å². The van der Waals surface area contributed by atoms with Crippen molar-refractivity contribution in [1.29, 1.82) is 0 Å². The monoisotopic (exact) mass is 561 g/mol. The van der Waals surface area contributed by atoms with Crippen LogP contribution in [0.5, 0.6) is 5.88 Å². The van der Waals surface area contributed by atoms with Crippen LogP contribution in [0.25, 0.3) is 0 Å². The highest BCUT2D eigenvalue weighted by molar-refractivity contribution is 6.18. The number of aliphatic hydroxyl groups excluding tert-OH is 1. The van der Waals surface area contributed by atoms with E-state index in [1.54, 1.807) is 24.3 Å². The van der Waals surface area contributed by atoms with Crippen LogP contribution in [0.15, 0.2) is 70.9 Å². The van der Waals surface area contributed by atoms with E-state index in [-0.39, 0.29) is 30.2 Å². The zero-order valence-corrected chi connectivity index (χ0v) is 22.8. The third-order valence-corrected chi connectivity index (χ3v) is 7.41. The minimum atomic E-state index is -0.353. The number of ether oxygens (including phenoxy) is 1. The number of hydrogen-bond donors (Lipinski definition) is 1. The van der Waals surface area contributed by atoms with Gasteiger partial charge in [-0.2, -0.15) is 0 Å². The molecule has 0 aliphatic carbocycles. The SMILES string of the molecule is O=C(CCC1N=C(c2ccc(F)cc2)N=C1c1ccc(F)cc1)N1CCC(Cc2cc(OCCCO)ncn2)CC1. The number of aliphatic hydroxyl groups is 1. The second kappa shape index (κ2) is 13.5. The van der Waals surface area contributed by atoms with Gasteiger partial charge in [0, 0.05) is 49.9 Å². The molecule has 1 saturated heterocycles. The first kappa shape index (κ1) is 28.5. The van der Waals surface area contributed by atoms with E-state index in [1.807, 2.05) is 11.0 Å². The quantitative estimate of drug-likeness (QED) is 0.350. The molecule has 1 atom stereocenters. The highest BCUT2D eigenvalue weighted by Gasteiger charge is 2.28. The fourth-order valence-corrected chi connectivity index (χ4v) is 5.15. The summed E-state index contributed by atoms with van der Waals surface area (Å²) in [5.41, 5.74) is 3.03. The van der Waals surface area contributed by atoms with E-state index in [4.69, 9.17) is 19.8 Å². The zero-order valence-electron chi connectivity index (χ0n) is 22.8. The first-order valence-electron chi connectivity index (χ1n) is 14.0. The Balaban J connectivity index is 1.16. The van der Waals surface area contributed by atoms with Crippen molar-refractivity contribution in [2.24, 2.45) is 15.9 Å². The lowest BCUT2D eigenvalue weighted by atomic mass is 9.91. The van der Waals surface area contributed by atoms with Crippen molar-refractivity contribution in [1.82, 2.24) is 14.9 Å². The summed E-state index contributed by atoms with van der Waals surface area (Å²) < 4.78 is 32.6. The van der Waals surface area contributed by atoms with Gasteiger partial charge in [0.2, 0.25) is 11.8 Å². The smallest absolute Gasteiger partial charge is 0.222 e. The second-order valence-electron chi connectivity index (χ2n) is 10.3. The van der Waals surface area contributed by atoms with Gasteiger partial charge >= 0.3 is 0 Å². The number of benzene rings is 2. The molecule has 3 aromatic rings. The molecule has 0 bridgehead atoms. The fourth-order valence-electron chi connectivity index (χ4n) is 5.15. The number of halogens is 2. The number of amidine groups is 1. The maximum Gasteiger partial charge on any atom is 0.222 e. The van der Waals surface area contributed by atoms with Crippen molar-refractivity contribution < 1.29 is 23.4 Å². The summed E-state index contributed by atoms with van der Waals surface area (Å²) in [7, 11) is 0. The first-order valence-corrected chi connectivity index (χ1v) is 14.0. The number of carbonyl (C=O) groups is 1. The van der Waals surface area contributed by atoms with E-state index in [0.29, 0.717) is 67.9 Å². The molecule has 0 radical (unpaired) electrons. The summed E-state index contributed by atoms with van der Waals surface area (Å²) in [4.78, 5) is 33.0. The molecule has 10 heteroatoms. The number of piperidine rings is 1. The van der Waals surface area contributed by atoms with Gasteiger partial charge in [-0.3, -0.25) is 9.79 Å². The third-order valence-electron chi connectivity index (χ3n) is 7.41. The van der Waals surface area contributed by atoms with Crippen LogP contribution in [-0.2, 0) is 11.2 Å².